The van der Waals surface area contributed by atoms with Gasteiger partial charge >= 0.3 is 0 Å². The highest BCUT2D eigenvalue weighted by molar-refractivity contribution is 5.21. The van der Waals surface area contributed by atoms with E-state index in [4.69, 9.17) is 9.84 Å². The Morgan fingerprint density at radius 3 is 2.62 bits per heavy atom. The molecule has 0 amide bonds. The van der Waals surface area contributed by atoms with Crippen LogP contribution in [0.15, 0.2) is 37.0 Å². The van der Waals surface area contributed by atoms with Crippen LogP contribution < -0.4 is 0 Å². The van der Waals surface area contributed by atoms with Gasteiger partial charge in [0.05, 0.1) is 12.7 Å². The van der Waals surface area contributed by atoms with Crippen LogP contribution in [0.4, 0.5) is 0 Å². The minimum absolute atomic E-state index is 0.201. The Kier molecular flexibility index (Phi) is 6.12. The highest BCUT2D eigenvalue weighted by Gasteiger charge is 2.27. The van der Waals surface area contributed by atoms with Gasteiger partial charge in [-0.1, -0.05) is 37.8 Å². The van der Waals surface area contributed by atoms with Gasteiger partial charge in [0.1, 0.15) is 0 Å². The van der Waals surface area contributed by atoms with E-state index in [9.17, 15) is 0 Å². The van der Waals surface area contributed by atoms with Gasteiger partial charge in [0.25, 0.3) is 0 Å². The van der Waals surface area contributed by atoms with Crippen LogP contribution in [-0.4, -0.2) is 24.4 Å². The van der Waals surface area contributed by atoms with E-state index in [0.717, 1.165) is 12.0 Å². The van der Waals surface area contributed by atoms with Crippen LogP contribution in [-0.2, 0) is 4.74 Å². The largest absolute Gasteiger partial charge is 0.396 e. The quantitative estimate of drug-likeness (QED) is 0.640. The zero-order valence-electron chi connectivity index (χ0n) is 9.90. The van der Waals surface area contributed by atoms with Crippen molar-refractivity contribution in [3.8, 4) is 0 Å². The molecule has 2 heteroatoms. The van der Waals surface area contributed by atoms with E-state index in [1.165, 1.54) is 19.3 Å². The molecule has 2 nitrogen and oxygen atoms in total. The summed E-state index contributed by atoms with van der Waals surface area (Å²) >= 11 is 0. The summed E-state index contributed by atoms with van der Waals surface area (Å²) in [5.74, 6) is 0.641. The van der Waals surface area contributed by atoms with E-state index in [2.05, 4.69) is 13.2 Å². The molecule has 0 radical (unpaired) electrons. The van der Waals surface area contributed by atoms with Gasteiger partial charge in [-0.3, -0.25) is 0 Å². The summed E-state index contributed by atoms with van der Waals surface area (Å²) < 4.78 is 5.84. The van der Waals surface area contributed by atoms with Crippen LogP contribution in [0.1, 0.15) is 25.7 Å². The molecule has 1 N–H and O–H groups in total. The minimum atomic E-state index is 0.201. The van der Waals surface area contributed by atoms with E-state index in [0.29, 0.717) is 12.5 Å². The Morgan fingerprint density at radius 2 is 2.19 bits per heavy atom. The molecule has 0 aromatic rings. The van der Waals surface area contributed by atoms with E-state index < -0.39 is 0 Å². The van der Waals surface area contributed by atoms with Crippen molar-refractivity contribution in [2.24, 2.45) is 5.92 Å². The molecule has 1 aliphatic rings. The van der Waals surface area contributed by atoms with Crippen molar-refractivity contribution in [2.45, 2.75) is 31.8 Å². The van der Waals surface area contributed by atoms with Crippen molar-refractivity contribution in [3.05, 3.63) is 37.0 Å². The van der Waals surface area contributed by atoms with E-state index in [1.807, 2.05) is 6.08 Å². The average Bonchev–Trinajstić information content (AvgIpc) is 2.21. The molecule has 0 aromatic heterocycles. The summed E-state index contributed by atoms with van der Waals surface area (Å²) in [6.07, 6.45) is 10.1. The highest BCUT2D eigenvalue weighted by Crippen LogP contribution is 2.32. The summed E-state index contributed by atoms with van der Waals surface area (Å²) in [4.78, 5) is 0. The molecule has 16 heavy (non-hydrogen) atoms. The van der Waals surface area contributed by atoms with Gasteiger partial charge in [0.2, 0.25) is 0 Å². The highest BCUT2D eigenvalue weighted by atomic mass is 16.5. The van der Waals surface area contributed by atoms with Gasteiger partial charge in [0.15, 0.2) is 0 Å². The summed E-state index contributed by atoms with van der Waals surface area (Å²) in [5, 5.41) is 9.00. The number of allylic oxidation sites excluding steroid dienone is 2. The number of aliphatic hydroxyl groups excluding tert-OH is 1. The third-order valence-electron chi connectivity index (χ3n) is 3.15. The standard InChI is InChI=1S/C14H22O2/c1-3-6-12(4-2)11-16-14(9-10-15)13-7-5-8-13/h3-4,6,13-15H,1-2,5,7-11H2/b12-6+. The summed E-state index contributed by atoms with van der Waals surface area (Å²) in [5.41, 5.74) is 1.04. The van der Waals surface area contributed by atoms with Crippen molar-refractivity contribution in [3.63, 3.8) is 0 Å². The Hall–Kier alpha value is -0.860. The number of hydrogen-bond acceptors (Lipinski definition) is 2. The summed E-state index contributed by atoms with van der Waals surface area (Å²) in [6.45, 7) is 8.16. The Balaban J connectivity index is 2.38. The summed E-state index contributed by atoms with van der Waals surface area (Å²) in [6, 6.07) is 0. The number of aliphatic hydroxyl groups is 1. The molecule has 1 rings (SSSR count). The lowest BCUT2D eigenvalue weighted by molar-refractivity contribution is -0.0157. The molecule has 0 spiro atoms. The predicted octanol–water partition coefficient (Wildman–Crippen LogP) is 2.85. The number of rotatable bonds is 8. The van der Waals surface area contributed by atoms with Crippen LogP contribution in [0.3, 0.4) is 0 Å². The first-order chi connectivity index (χ1) is 7.81. The van der Waals surface area contributed by atoms with Gasteiger partial charge in [-0.2, -0.15) is 0 Å². The van der Waals surface area contributed by atoms with Gasteiger partial charge in [0, 0.05) is 6.61 Å². The Bertz CT molecular complexity index is 251. The van der Waals surface area contributed by atoms with Crippen LogP contribution in [0.5, 0.6) is 0 Å². The smallest absolute Gasteiger partial charge is 0.0720 e. The lowest BCUT2D eigenvalue weighted by Gasteiger charge is -2.33. The Morgan fingerprint density at radius 1 is 1.44 bits per heavy atom. The topological polar surface area (TPSA) is 29.5 Å². The first-order valence-corrected chi connectivity index (χ1v) is 5.98. The lowest BCUT2D eigenvalue weighted by atomic mass is 9.80. The van der Waals surface area contributed by atoms with Gasteiger partial charge in [-0.05, 0) is 30.8 Å². The molecule has 90 valence electrons. The molecule has 0 saturated heterocycles. The molecule has 0 heterocycles. The molecule has 1 atom stereocenters. The molecule has 0 aromatic carbocycles. The second-order valence-electron chi connectivity index (χ2n) is 4.23. The van der Waals surface area contributed by atoms with Crippen LogP contribution in [0.2, 0.25) is 0 Å². The Labute approximate surface area is 98.3 Å². The minimum Gasteiger partial charge on any atom is -0.396 e. The molecular formula is C14H22O2. The van der Waals surface area contributed by atoms with Crippen LogP contribution in [0.25, 0.3) is 0 Å². The summed E-state index contributed by atoms with van der Waals surface area (Å²) in [7, 11) is 0. The molecule has 1 unspecified atom stereocenters. The molecule has 0 bridgehead atoms. The third kappa shape index (κ3) is 3.95. The fourth-order valence-corrected chi connectivity index (χ4v) is 1.92. The maximum Gasteiger partial charge on any atom is 0.0720 e. The normalized spacial score (nSPS) is 18.9. The molecule has 1 saturated carbocycles. The van der Waals surface area contributed by atoms with Crippen LogP contribution in [0, 0.1) is 5.92 Å². The van der Waals surface area contributed by atoms with Crippen molar-refractivity contribution in [1.29, 1.82) is 0 Å². The zero-order valence-corrected chi connectivity index (χ0v) is 9.90. The second-order valence-corrected chi connectivity index (χ2v) is 4.23. The van der Waals surface area contributed by atoms with E-state index >= 15 is 0 Å². The first kappa shape index (κ1) is 13.2. The van der Waals surface area contributed by atoms with Gasteiger partial charge in [-0.25, -0.2) is 0 Å². The number of hydrogen-bond donors (Lipinski definition) is 1. The predicted molar refractivity (Wildman–Crippen MR) is 67.3 cm³/mol. The van der Waals surface area contributed by atoms with Gasteiger partial charge < -0.3 is 9.84 Å². The van der Waals surface area contributed by atoms with Crippen molar-refractivity contribution >= 4 is 0 Å². The first-order valence-electron chi connectivity index (χ1n) is 5.98. The molecule has 1 fully saturated rings. The molecule has 0 aliphatic heterocycles. The van der Waals surface area contributed by atoms with E-state index in [1.54, 1.807) is 12.2 Å². The van der Waals surface area contributed by atoms with Crippen molar-refractivity contribution in [1.82, 2.24) is 0 Å². The maximum atomic E-state index is 9.00. The van der Waals surface area contributed by atoms with Crippen LogP contribution >= 0.6 is 0 Å². The SMILES string of the molecule is C=C/C=C(\C=C)COC(CCO)C1CCC1. The molecular weight excluding hydrogens is 200 g/mol. The van der Waals surface area contributed by atoms with E-state index in [-0.39, 0.29) is 12.7 Å². The number of ether oxygens (including phenoxy) is 1. The zero-order chi connectivity index (χ0) is 11.8. The monoisotopic (exact) mass is 222 g/mol. The fraction of sp³-hybridized carbons (Fsp3) is 0.571. The molecule has 1 aliphatic carbocycles. The second kappa shape index (κ2) is 7.42. The van der Waals surface area contributed by atoms with Crippen molar-refractivity contribution in [2.75, 3.05) is 13.2 Å². The maximum absolute atomic E-state index is 9.00. The van der Waals surface area contributed by atoms with Gasteiger partial charge in [-0.15, -0.1) is 0 Å². The lowest BCUT2D eigenvalue weighted by Crippen LogP contribution is -2.30. The third-order valence-corrected chi connectivity index (χ3v) is 3.15. The average molecular weight is 222 g/mol. The fourth-order valence-electron chi connectivity index (χ4n) is 1.92. The van der Waals surface area contributed by atoms with Crippen molar-refractivity contribution < 1.29 is 9.84 Å².